The van der Waals surface area contributed by atoms with Crippen molar-refractivity contribution in [2.75, 3.05) is 46.5 Å². The van der Waals surface area contributed by atoms with Crippen LogP contribution in [0.2, 0.25) is 0 Å². The fourth-order valence-corrected chi connectivity index (χ4v) is 4.40. The molecular weight excluding hydrogens is 404 g/mol. The van der Waals surface area contributed by atoms with Crippen LogP contribution in [0.25, 0.3) is 0 Å². The summed E-state index contributed by atoms with van der Waals surface area (Å²) in [7, 11) is 1.81. The molecule has 0 spiro atoms. The van der Waals surface area contributed by atoms with Crippen LogP contribution in [0.15, 0.2) is 46.0 Å². The number of furan rings is 1. The number of hydrogen-bond donors (Lipinski definition) is 2. The van der Waals surface area contributed by atoms with Crippen molar-refractivity contribution in [1.82, 2.24) is 15.5 Å². The average Bonchev–Trinajstić information content (AvgIpc) is 3.59. The van der Waals surface area contributed by atoms with Crippen LogP contribution in [0, 0.1) is 12.8 Å². The molecule has 0 amide bonds. The fourth-order valence-electron chi connectivity index (χ4n) is 4.40. The lowest BCUT2D eigenvalue weighted by Gasteiger charge is -2.26. The van der Waals surface area contributed by atoms with Crippen molar-refractivity contribution in [3.63, 3.8) is 0 Å². The van der Waals surface area contributed by atoms with Gasteiger partial charge in [-0.15, -0.1) is 0 Å². The summed E-state index contributed by atoms with van der Waals surface area (Å²) in [4.78, 5) is 6.91. The smallest absolute Gasteiger partial charge is 0.191 e. The van der Waals surface area contributed by atoms with Crippen molar-refractivity contribution in [1.29, 1.82) is 0 Å². The lowest BCUT2D eigenvalue weighted by Crippen LogP contribution is -2.42. The molecule has 7 nitrogen and oxygen atoms in total. The molecule has 2 unspecified atom stereocenters. The standard InChI is InChI=1S/C25H36N4O3/c1-19-7-8-21(24(14-19)32-18-20-9-13-30-17-20)15-27-25(26-2)28-16-22(23-6-5-12-31-23)29-10-3-4-11-29/h5-8,12,14,20,22H,3-4,9-11,13,15-18H2,1-2H3,(H2,26,27,28). The Morgan fingerprint density at radius 3 is 2.84 bits per heavy atom. The molecule has 2 aromatic rings. The summed E-state index contributed by atoms with van der Waals surface area (Å²) < 4.78 is 17.4. The van der Waals surface area contributed by atoms with Gasteiger partial charge in [-0.05, 0) is 63.0 Å². The lowest BCUT2D eigenvalue weighted by atomic mass is 10.1. The van der Waals surface area contributed by atoms with Gasteiger partial charge in [-0.2, -0.15) is 0 Å². The van der Waals surface area contributed by atoms with E-state index in [-0.39, 0.29) is 6.04 Å². The van der Waals surface area contributed by atoms with Gasteiger partial charge in [-0.1, -0.05) is 12.1 Å². The van der Waals surface area contributed by atoms with Gasteiger partial charge in [0.1, 0.15) is 11.5 Å². The van der Waals surface area contributed by atoms with E-state index in [4.69, 9.17) is 13.9 Å². The minimum absolute atomic E-state index is 0.206. The average molecular weight is 441 g/mol. The molecule has 32 heavy (non-hydrogen) atoms. The van der Waals surface area contributed by atoms with Gasteiger partial charge in [-0.3, -0.25) is 9.89 Å². The summed E-state index contributed by atoms with van der Waals surface area (Å²) in [6.07, 6.45) is 5.31. The van der Waals surface area contributed by atoms with Crippen molar-refractivity contribution in [2.24, 2.45) is 10.9 Å². The highest BCUT2D eigenvalue weighted by molar-refractivity contribution is 5.79. The molecule has 2 aliphatic rings. The first kappa shape index (κ1) is 22.7. The van der Waals surface area contributed by atoms with E-state index in [1.807, 2.05) is 6.07 Å². The van der Waals surface area contributed by atoms with Crippen molar-refractivity contribution < 1.29 is 13.9 Å². The molecule has 4 rings (SSSR count). The maximum absolute atomic E-state index is 6.18. The molecule has 2 aliphatic heterocycles. The zero-order valence-electron chi connectivity index (χ0n) is 19.3. The number of rotatable bonds is 9. The zero-order valence-corrected chi connectivity index (χ0v) is 19.3. The first-order chi connectivity index (χ1) is 15.7. The van der Waals surface area contributed by atoms with E-state index in [9.17, 15) is 0 Å². The third-order valence-electron chi connectivity index (χ3n) is 6.31. The number of likely N-dealkylation sites (tertiary alicyclic amines) is 1. The number of nitrogens with one attached hydrogen (secondary N) is 2. The Balaban J connectivity index is 1.33. The Hall–Kier alpha value is -2.51. The predicted molar refractivity (Wildman–Crippen MR) is 126 cm³/mol. The van der Waals surface area contributed by atoms with E-state index in [0.717, 1.165) is 62.3 Å². The zero-order chi connectivity index (χ0) is 22.2. The molecule has 0 aliphatic carbocycles. The maximum Gasteiger partial charge on any atom is 0.191 e. The largest absolute Gasteiger partial charge is 0.493 e. The Labute approximate surface area is 191 Å². The summed E-state index contributed by atoms with van der Waals surface area (Å²) in [6.45, 7) is 8.03. The summed E-state index contributed by atoms with van der Waals surface area (Å²) in [5.74, 6) is 3.19. The molecule has 0 saturated carbocycles. The van der Waals surface area contributed by atoms with E-state index in [2.05, 4.69) is 51.7 Å². The van der Waals surface area contributed by atoms with Crippen LogP contribution in [0.4, 0.5) is 0 Å². The van der Waals surface area contributed by atoms with Gasteiger partial charge < -0.3 is 24.5 Å². The first-order valence-electron chi connectivity index (χ1n) is 11.7. The highest BCUT2D eigenvalue weighted by Crippen LogP contribution is 2.25. The van der Waals surface area contributed by atoms with Gasteiger partial charge in [0.15, 0.2) is 5.96 Å². The molecule has 7 heteroatoms. The molecule has 1 aromatic heterocycles. The molecule has 1 aromatic carbocycles. The number of ether oxygens (including phenoxy) is 2. The molecule has 0 bridgehead atoms. The third kappa shape index (κ3) is 6.04. The summed E-state index contributed by atoms with van der Waals surface area (Å²) in [6, 6.07) is 10.6. The molecule has 0 radical (unpaired) electrons. The topological polar surface area (TPSA) is 71.3 Å². The van der Waals surface area contributed by atoms with Crippen LogP contribution in [0.5, 0.6) is 5.75 Å². The number of aryl methyl sites for hydroxylation is 1. The molecule has 2 fully saturated rings. The lowest BCUT2D eigenvalue weighted by molar-refractivity contribution is 0.166. The molecule has 174 valence electrons. The Morgan fingerprint density at radius 1 is 1.25 bits per heavy atom. The quantitative estimate of drug-likeness (QED) is 0.459. The third-order valence-corrected chi connectivity index (χ3v) is 6.31. The van der Waals surface area contributed by atoms with Crippen molar-refractivity contribution >= 4 is 5.96 Å². The second kappa shape index (κ2) is 11.4. The van der Waals surface area contributed by atoms with E-state index in [0.29, 0.717) is 19.1 Å². The van der Waals surface area contributed by atoms with Crippen LogP contribution >= 0.6 is 0 Å². The van der Waals surface area contributed by atoms with E-state index >= 15 is 0 Å². The first-order valence-corrected chi connectivity index (χ1v) is 11.7. The van der Waals surface area contributed by atoms with Gasteiger partial charge in [-0.25, -0.2) is 0 Å². The van der Waals surface area contributed by atoms with Gasteiger partial charge in [0.05, 0.1) is 25.5 Å². The highest BCUT2D eigenvalue weighted by Gasteiger charge is 2.25. The highest BCUT2D eigenvalue weighted by atomic mass is 16.5. The van der Waals surface area contributed by atoms with Crippen molar-refractivity contribution in [3.8, 4) is 5.75 Å². The van der Waals surface area contributed by atoms with Crippen LogP contribution < -0.4 is 15.4 Å². The Bertz CT molecular complexity index is 856. The van der Waals surface area contributed by atoms with Gasteiger partial charge in [0, 0.05) is 38.2 Å². The van der Waals surface area contributed by atoms with E-state index in [1.54, 1.807) is 13.3 Å². The molecule has 2 atom stereocenters. The van der Waals surface area contributed by atoms with E-state index in [1.165, 1.54) is 18.4 Å². The summed E-state index contributed by atoms with van der Waals surface area (Å²) >= 11 is 0. The minimum atomic E-state index is 0.206. The van der Waals surface area contributed by atoms with Gasteiger partial charge in [0.2, 0.25) is 0 Å². The van der Waals surface area contributed by atoms with Crippen LogP contribution in [-0.4, -0.2) is 57.4 Å². The molecule has 3 heterocycles. The number of benzene rings is 1. The summed E-state index contributed by atoms with van der Waals surface area (Å²) in [5.41, 5.74) is 2.32. The fraction of sp³-hybridized carbons (Fsp3) is 0.560. The van der Waals surface area contributed by atoms with Crippen molar-refractivity contribution in [2.45, 2.75) is 38.8 Å². The Kier molecular flexibility index (Phi) is 8.07. The minimum Gasteiger partial charge on any atom is -0.493 e. The SMILES string of the molecule is CN=C(NCc1ccc(C)cc1OCC1CCOC1)NCC(c1ccco1)N1CCCC1. The van der Waals surface area contributed by atoms with Gasteiger partial charge >= 0.3 is 0 Å². The summed E-state index contributed by atoms with van der Waals surface area (Å²) in [5, 5.41) is 6.94. The van der Waals surface area contributed by atoms with Gasteiger partial charge in [0.25, 0.3) is 0 Å². The Morgan fingerprint density at radius 2 is 2.12 bits per heavy atom. The maximum atomic E-state index is 6.18. The van der Waals surface area contributed by atoms with E-state index < -0.39 is 0 Å². The molecular formula is C25H36N4O3. The second-order valence-corrected chi connectivity index (χ2v) is 8.73. The second-order valence-electron chi connectivity index (χ2n) is 8.73. The number of hydrogen-bond acceptors (Lipinski definition) is 5. The monoisotopic (exact) mass is 440 g/mol. The van der Waals surface area contributed by atoms with Crippen LogP contribution in [0.3, 0.4) is 0 Å². The number of nitrogens with zero attached hydrogens (tertiary/aromatic N) is 2. The molecule has 2 saturated heterocycles. The van der Waals surface area contributed by atoms with Crippen molar-refractivity contribution in [3.05, 3.63) is 53.5 Å². The predicted octanol–water partition coefficient (Wildman–Crippen LogP) is 3.51. The van der Waals surface area contributed by atoms with Crippen LogP contribution in [-0.2, 0) is 11.3 Å². The molecule has 2 N–H and O–H groups in total. The number of aliphatic imine (C=N–C) groups is 1. The normalized spacial score (nSPS) is 20.4. The number of guanidine groups is 1. The van der Waals surface area contributed by atoms with Crippen LogP contribution in [0.1, 0.15) is 42.2 Å².